The SMILES string of the molecule is C=CC1CN2CCC1CC2[C@@H](NC(=S)Nc1cc(C)cc(C(F)(F)F)c1)c1ccnc2ccc(CO)cc12. The number of alkyl halides is 3. The fourth-order valence-corrected chi connectivity index (χ4v) is 6.26. The lowest BCUT2D eigenvalue weighted by Gasteiger charge is -2.52. The van der Waals surface area contributed by atoms with Crippen LogP contribution in [-0.2, 0) is 12.8 Å². The summed E-state index contributed by atoms with van der Waals surface area (Å²) < 4.78 is 40.2. The number of thiocarbonyl (C=S) groups is 1. The molecule has 4 heterocycles. The number of rotatable bonds is 6. The van der Waals surface area contributed by atoms with Gasteiger partial charge in [0.05, 0.1) is 23.7 Å². The van der Waals surface area contributed by atoms with Crippen LogP contribution < -0.4 is 10.6 Å². The van der Waals surface area contributed by atoms with E-state index in [9.17, 15) is 18.3 Å². The maximum Gasteiger partial charge on any atom is 0.416 e. The molecule has 9 heteroatoms. The predicted octanol–water partition coefficient (Wildman–Crippen LogP) is 5.98. The van der Waals surface area contributed by atoms with Gasteiger partial charge in [-0.3, -0.25) is 9.88 Å². The summed E-state index contributed by atoms with van der Waals surface area (Å²) in [6, 6.07) is 11.4. The van der Waals surface area contributed by atoms with Gasteiger partial charge in [0.15, 0.2) is 5.11 Å². The highest BCUT2D eigenvalue weighted by molar-refractivity contribution is 7.80. The number of benzene rings is 2. The molecule has 5 nitrogen and oxygen atoms in total. The van der Waals surface area contributed by atoms with E-state index in [4.69, 9.17) is 12.2 Å². The van der Waals surface area contributed by atoms with E-state index in [-0.39, 0.29) is 29.5 Å². The summed E-state index contributed by atoms with van der Waals surface area (Å²) in [5.41, 5.74) is 2.63. The number of nitrogens with one attached hydrogen (secondary N) is 2. The Morgan fingerprint density at radius 1 is 1.26 bits per heavy atom. The monoisotopic (exact) mass is 540 g/mol. The van der Waals surface area contributed by atoms with Crippen molar-refractivity contribution in [2.24, 2.45) is 11.8 Å². The summed E-state index contributed by atoms with van der Waals surface area (Å²) in [6.45, 7) is 7.45. The fourth-order valence-electron chi connectivity index (χ4n) is 6.02. The second-order valence-electron chi connectivity index (χ2n) is 10.3. The lowest BCUT2D eigenvalue weighted by atomic mass is 9.73. The average Bonchev–Trinajstić information content (AvgIpc) is 2.90. The van der Waals surface area contributed by atoms with Crippen molar-refractivity contribution in [2.45, 2.75) is 44.6 Å². The summed E-state index contributed by atoms with van der Waals surface area (Å²) in [5.74, 6) is 0.953. The van der Waals surface area contributed by atoms with E-state index in [1.54, 1.807) is 19.2 Å². The maximum absolute atomic E-state index is 13.4. The largest absolute Gasteiger partial charge is 0.416 e. The molecule has 6 rings (SSSR count). The molecule has 3 aliphatic heterocycles. The summed E-state index contributed by atoms with van der Waals surface area (Å²) in [7, 11) is 0. The number of hydrogen-bond acceptors (Lipinski definition) is 4. The molecule has 3 aromatic rings. The number of aliphatic hydroxyl groups excluding tert-OH is 1. The lowest BCUT2D eigenvalue weighted by molar-refractivity contribution is -0.137. The Balaban J connectivity index is 1.50. The average molecular weight is 541 g/mol. The summed E-state index contributed by atoms with van der Waals surface area (Å²) in [4.78, 5) is 6.98. The first kappa shape index (κ1) is 26.6. The summed E-state index contributed by atoms with van der Waals surface area (Å²) in [6.07, 6.45) is 1.42. The molecule has 3 saturated heterocycles. The molecule has 200 valence electrons. The Bertz CT molecular complexity index is 1360. The van der Waals surface area contributed by atoms with Crippen LogP contribution >= 0.6 is 12.2 Å². The van der Waals surface area contributed by atoms with Crippen molar-refractivity contribution in [3.05, 3.63) is 83.6 Å². The van der Waals surface area contributed by atoms with Crippen LogP contribution in [0.15, 0.2) is 61.3 Å². The van der Waals surface area contributed by atoms with Crippen LogP contribution in [0, 0.1) is 18.8 Å². The van der Waals surface area contributed by atoms with Crippen LogP contribution in [0.1, 0.15) is 41.1 Å². The highest BCUT2D eigenvalue weighted by Crippen LogP contribution is 2.42. The van der Waals surface area contributed by atoms with Gasteiger partial charge < -0.3 is 15.7 Å². The molecule has 2 bridgehead atoms. The van der Waals surface area contributed by atoms with E-state index in [2.05, 4.69) is 27.1 Å². The van der Waals surface area contributed by atoms with Crippen molar-refractivity contribution in [1.82, 2.24) is 15.2 Å². The van der Waals surface area contributed by atoms with Crippen LogP contribution in [0.2, 0.25) is 0 Å². The fraction of sp³-hybridized carbons (Fsp3) is 0.379. The molecule has 3 aliphatic rings. The van der Waals surface area contributed by atoms with Crippen LogP contribution in [-0.4, -0.2) is 39.2 Å². The number of fused-ring (bicyclic) bond motifs is 4. The van der Waals surface area contributed by atoms with Gasteiger partial charge in [0.1, 0.15) is 0 Å². The molecule has 0 amide bonds. The van der Waals surface area contributed by atoms with E-state index in [1.165, 1.54) is 0 Å². The van der Waals surface area contributed by atoms with Crippen molar-refractivity contribution >= 4 is 33.9 Å². The first-order valence-corrected chi connectivity index (χ1v) is 13.2. The van der Waals surface area contributed by atoms with Gasteiger partial charge in [0, 0.05) is 29.9 Å². The summed E-state index contributed by atoms with van der Waals surface area (Å²) in [5, 5.41) is 17.4. The number of aryl methyl sites for hydroxylation is 1. The van der Waals surface area contributed by atoms with Crippen LogP contribution in [0.4, 0.5) is 18.9 Å². The molecular weight excluding hydrogens is 509 g/mol. The van der Waals surface area contributed by atoms with Crippen molar-refractivity contribution in [3.63, 3.8) is 0 Å². The first-order chi connectivity index (χ1) is 18.2. The van der Waals surface area contributed by atoms with Crippen molar-refractivity contribution < 1.29 is 18.3 Å². The zero-order valence-corrected chi connectivity index (χ0v) is 21.9. The number of hydrogen-bond donors (Lipinski definition) is 3. The molecule has 5 atom stereocenters. The second-order valence-corrected chi connectivity index (χ2v) is 10.7. The minimum absolute atomic E-state index is 0.0874. The Labute approximate surface area is 225 Å². The molecule has 2 aromatic carbocycles. The van der Waals surface area contributed by atoms with Gasteiger partial charge >= 0.3 is 6.18 Å². The van der Waals surface area contributed by atoms with Crippen molar-refractivity contribution in [2.75, 3.05) is 18.4 Å². The standard InChI is InChI=1S/C29H31F3N4OS/c1-3-19-15-36-9-7-20(19)13-26(36)27(23-6-8-33-25-5-4-18(16-37)12-24(23)25)35-28(38)34-22-11-17(2)10-21(14-22)29(30,31)32/h3-6,8,10-12,14,19-20,26-27,37H,1,7,9,13,15-16H2,2H3,(H2,34,35,38)/t19?,20?,26?,27-/m0/s1. The molecule has 1 aromatic heterocycles. The maximum atomic E-state index is 13.4. The number of aliphatic hydroxyl groups is 1. The number of halogens is 3. The van der Waals surface area contributed by atoms with Crippen molar-refractivity contribution in [3.8, 4) is 0 Å². The third-order valence-corrected chi connectivity index (χ3v) is 8.07. The highest BCUT2D eigenvalue weighted by atomic mass is 32.1. The van der Waals surface area contributed by atoms with E-state index < -0.39 is 11.7 Å². The lowest BCUT2D eigenvalue weighted by Crippen LogP contribution is -2.57. The van der Waals surface area contributed by atoms with E-state index in [0.29, 0.717) is 17.4 Å². The number of anilines is 1. The van der Waals surface area contributed by atoms with Gasteiger partial charge in [-0.1, -0.05) is 12.1 Å². The minimum Gasteiger partial charge on any atom is -0.392 e. The molecule has 0 saturated carbocycles. The zero-order chi connectivity index (χ0) is 27.0. The molecule has 3 fully saturated rings. The number of pyridine rings is 1. The normalized spacial score (nSPS) is 23.7. The minimum atomic E-state index is -4.45. The Hall–Kier alpha value is -3.01. The molecule has 38 heavy (non-hydrogen) atoms. The van der Waals surface area contributed by atoms with Gasteiger partial charge in [0.2, 0.25) is 0 Å². The quantitative estimate of drug-likeness (QED) is 0.264. The smallest absolute Gasteiger partial charge is 0.392 e. The molecular formula is C29H31F3N4OS. The second kappa shape index (κ2) is 10.6. The molecule has 0 aliphatic carbocycles. The first-order valence-electron chi connectivity index (χ1n) is 12.8. The third-order valence-electron chi connectivity index (χ3n) is 7.85. The number of nitrogens with zero attached hydrogens (tertiary/aromatic N) is 2. The molecule has 3 N–H and O–H groups in total. The number of aromatic nitrogens is 1. The van der Waals surface area contributed by atoms with E-state index >= 15 is 0 Å². The van der Waals surface area contributed by atoms with Crippen LogP contribution in [0.25, 0.3) is 10.9 Å². The van der Waals surface area contributed by atoms with Crippen LogP contribution in [0.3, 0.4) is 0 Å². The van der Waals surface area contributed by atoms with Gasteiger partial charge in [-0.15, -0.1) is 6.58 Å². The van der Waals surface area contributed by atoms with Crippen molar-refractivity contribution in [1.29, 1.82) is 0 Å². The Morgan fingerprint density at radius 2 is 2.08 bits per heavy atom. The predicted molar refractivity (Wildman–Crippen MR) is 148 cm³/mol. The summed E-state index contributed by atoms with van der Waals surface area (Å²) >= 11 is 5.67. The number of piperidine rings is 3. The third kappa shape index (κ3) is 5.41. The van der Waals surface area contributed by atoms with E-state index in [1.807, 2.05) is 30.3 Å². The molecule has 0 spiro atoms. The van der Waals surface area contributed by atoms with Crippen LogP contribution in [0.5, 0.6) is 0 Å². The zero-order valence-electron chi connectivity index (χ0n) is 21.1. The molecule has 0 radical (unpaired) electrons. The van der Waals surface area contributed by atoms with Gasteiger partial charge in [0.25, 0.3) is 0 Å². The van der Waals surface area contributed by atoms with Gasteiger partial charge in [-0.25, -0.2) is 0 Å². The van der Waals surface area contributed by atoms with E-state index in [0.717, 1.165) is 60.1 Å². The van der Waals surface area contributed by atoms with Gasteiger partial charge in [-0.2, -0.15) is 13.2 Å². The highest BCUT2D eigenvalue weighted by Gasteiger charge is 2.43. The topological polar surface area (TPSA) is 60.4 Å². The molecule has 4 unspecified atom stereocenters. The van der Waals surface area contributed by atoms with Gasteiger partial charge in [-0.05, 0) is 103 Å². The Kier molecular flexibility index (Phi) is 7.44. The Morgan fingerprint density at radius 3 is 2.76 bits per heavy atom.